The number of carboxylic acids is 4. The summed E-state index contributed by atoms with van der Waals surface area (Å²) in [5, 5.41) is 37.5. The van der Waals surface area contributed by atoms with Crippen LogP contribution < -0.4 is 0 Å². The molecule has 0 saturated carbocycles. The van der Waals surface area contributed by atoms with E-state index < -0.39 is 56.2 Å². The highest BCUT2D eigenvalue weighted by atomic mass is 16.6. The van der Waals surface area contributed by atoms with Gasteiger partial charge in [-0.3, -0.25) is 48.3 Å². The largest absolute Gasteiger partial charge is 0.480 e. The van der Waals surface area contributed by atoms with Crippen LogP contribution in [0.1, 0.15) is 322 Å². The van der Waals surface area contributed by atoms with Crippen molar-refractivity contribution >= 4 is 41.7 Å². The Morgan fingerprint density at radius 2 is 0.560 bits per heavy atom. The van der Waals surface area contributed by atoms with Crippen molar-refractivity contribution < 1.29 is 63.5 Å². The summed E-state index contributed by atoms with van der Waals surface area (Å²) in [6.07, 6.45) is 59.6. The normalized spacial score (nSPS) is 12.0. The number of unbranched alkanes of at least 4 members (excludes halogenated alkanes) is 44. The van der Waals surface area contributed by atoms with Crippen molar-refractivity contribution in [2.45, 2.75) is 328 Å². The number of aliphatic carboxylic acids is 4. The first-order valence-corrected chi connectivity index (χ1v) is 37.4. The molecule has 4 N–H and O–H groups in total. The van der Waals surface area contributed by atoms with Crippen molar-refractivity contribution in [2.75, 3.05) is 99.2 Å². The minimum absolute atomic E-state index is 0.0408. The molecule has 0 heterocycles. The van der Waals surface area contributed by atoms with Crippen molar-refractivity contribution in [3.63, 3.8) is 0 Å². The lowest BCUT2D eigenvalue weighted by molar-refractivity contribution is -0.160. The van der Waals surface area contributed by atoms with Crippen LogP contribution in [0, 0.1) is 0 Å². The molecule has 1 atom stereocenters. The van der Waals surface area contributed by atoms with E-state index in [2.05, 4.69) is 13.8 Å². The third-order valence-electron chi connectivity index (χ3n) is 17.7. The first-order chi connectivity index (χ1) is 44.1. The van der Waals surface area contributed by atoms with Gasteiger partial charge in [0.2, 0.25) is 5.91 Å². The summed E-state index contributed by atoms with van der Waals surface area (Å²) in [5.41, 5.74) is 0. The van der Waals surface area contributed by atoms with E-state index in [1.165, 1.54) is 265 Å². The number of hydrogen-bond donors (Lipinski definition) is 4. The van der Waals surface area contributed by atoms with Crippen molar-refractivity contribution in [1.82, 2.24) is 24.5 Å². The van der Waals surface area contributed by atoms with Crippen molar-refractivity contribution in [3.8, 4) is 0 Å². The van der Waals surface area contributed by atoms with Crippen molar-refractivity contribution in [2.24, 2.45) is 0 Å². The molecule has 534 valence electrons. The molecule has 1 unspecified atom stereocenters. The summed E-state index contributed by atoms with van der Waals surface area (Å²) in [6, 6.07) is 0. The Labute approximate surface area is 554 Å². The molecule has 0 radical (unpaired) electrons. The predicted octanol–water partition coefficient (Wildman–Crippen LogP) is 15.8. The highest BCUT2D eigenvalue weighted by molar-refractivity contribution is 5.78. The number of carboxylic acid groups (broad SMARTS) is 4. The van der Waals surface area contributed by atoms with Gasteiger partial charge in [0.05, 0.1) is 32.7 Å². The molecule has 1 amide bonds. The summed E-state index contributed by atoms with van der Waals surface area (Å²) < 4.78 is 11.7. The maximum absolute atomic E-state index is 13.7. The second kappa shape index (κ2) is 64.8. The van der Waals surface area contributed by atoms with Crippen LogP contribution in [0.4, 0.5) is 0 Å². The van der Waals surface area contributed by atoms with Gasteiger partial charge in [0.15, 0.2) is 0 Å². The van der Waals surface area contributed by atoms with Gasteiger partial charge in [-0.25, -0.2) is 0 Å². The molecule has 0 bridgehead atoms. The maximum Gasteiger partial charge on any atom is 0.317 e. The number of carbonyl (C=O) groups excluding carboxylic acids is 3. The summed E-state index contributed by atoms with van der Waals surface area (Å²) in [6.45, 7) is 2.90. The number of nitrogens with zero attached hydrogens (tertiary/aromatic N) is 5. The molecule has 18 heteroatoms. The van der Waals surface area contributed by atoms with E-state index in [4.69, 9.17) is 9.47 Å². The van der Waals surface area contributed by atoms with Crippen molar-refractivity contribution in [3.05, 3.63) is 0 Å². The Morgan fingerprint density at radius 1 is 0.308 bits per heavy atom. The molecule has 0 aliphatic heterocycles. The summed E-state index contributed by atoms with van der Waals surface area (Å²) in [7, 11) is 3.44. The van der Waals surface area contributed by atoms with Gasteiger partial charge in [0, 0.05) is 65.7 Å². The lowest BCUT2D eigenvalue weighted by Gasteiger charge is -2.30. The van der Waals surface area contributed by atoms with Gasteiger partial charge in [-0.1, -0.05) is 296 Å². The van der Waals surface area contributed by atoms with E-state index in [-0.39, 0.29) is 76.7 Å². The molecule has 91 heavy (non-hydrogen) atoms. The zero-order chi connectivity index (χ0) is 67.1. The fourth-order valence-electron chi connectivity index (χ4n) is 12.0. The fourth-order valence-corrected chi connectivity index (χ4v) is 12.0. The monoisotopic (exact) mass is 1290 g/mol. The maximum atomic E-state index is 13.7. The van der Waals surface area contributed by atoms with Gasteiger partial charge in [0.25, 0.3) is 0 Å². The topological polar surface area (TPSA) is 235 Å². The molecule has 0 aliphatic carbocycles. The molecule has 18 nitrogen and oxygen atoms in total. The summed E-state index contributed by atoms with van der Waals surface area (Å²) in [4.78, 5) is 93.3. The first-order valence-electron chi connectivity index (χ1n) is 37.4. The molecule has 0 aromatic rings. The zero-order valence-corrected chi connectivity index (χ0v) is 58.9. The molecular weight excluding hydrogens is 1150 g/mol. The van der Waals surface area contributed by atoms with Gasteiger partial charge in [-0.2, -0.15) is 0 Å². The molecule has 0 saturated heterocycles. The second-order valence-electron chi connectivity index (χ2n) is 26.7. The molecule has 0 rings (SSSR count). The van der Waals surface area contributed by atoms with E-state index in [0.717, 1.165) is 44.9 Å². The number of ether oxygens (including phenoxy) is 2. The lowest BCUT2D eigenvalue weighted by atomic mass is 10.0. The van der Waals surface area contributed by atoms with E-state index in [1.54, 1.807) is 11.9 Å². The second-order valence-corrected chi connectivity index (χ2v) is 26.7. The molecular formula is C73H139N5O13. The van der Waals surface area contributed by atoms with Crippen LogP contribution in [0.3, 0.4) is 0 Å². The first kappa shape index (κ1) is 87.1. The Balaban J connectivity index is 5.03. The van der Waals surface area contributed by atoms with Crippen LogP contribution in [0.15, 0.2) is 0 Å². The van der Waals surface area contributed by atoms with Crippen LogP contribution >= 0.6 is 0 Å². The number of rotatable bonds is 72. The molecule has 0 aliphatic rings. The van der Waals surface area contributed by atoms with Crippen LogP contribution in [-0.2, 0) is 43.0 Å². The minimum Gasteiger partial charge on any atom is -0.480 e. The Morgan fingerprint density at radius 3 is 0.835 bits per heavy atom. The van der Waals surface area contributed by atoms with Crippen LogP contribution in [0.5, 0.6) is 0 Å². The van der Waals surface area contributed by atoms with Gasteiger partial charge in [-0.05, 0) is 19.9 Å². The van der Waals surface area contributed by atoms with Crippen LogP contribution in [0.2, 0.25) is 0 Å². The molecule has 0 aromatic heterocycles. The smallest absolute Gasteiger partial charge is 0.317 e. The van der Waals surface area contributed by atoms with Crippen molar-refractivity contribution in [1.29, 1.82) is 0 Å². The highest BCUT2D eigenvalue weighted by Gasteiger charge is 2.23. The number of hydrogen-bond acceptors (Lipinski definition) is 13. The zero-order valence-electron chi connectivity index (χ0n) is 58.9. The SMILES string of the molecule is CCCCCCCCCCCCCCCCCCCCCCCCCC(=O)OCC(CN(C)CCN(C)C(=O)CN(CCN(CC(=O)O)CC(=O)O)CCN(CC(=O)O)CC(=O)O)OC(=O)CCCCCCCCCCCCCCCCCCCCCCCCC. The van der Waals surface area contributed by atoms with E-state index >= 15 is 0 Å². The number of likely N-dealkylation sites (N-methyl/N-ethyl adjacent to an activating group) is 2. The minimum atomic E-state index is -1.23. The Hall–Kier alpha value is -3.87. The van der Waals surface area contributed by atoms with E-state index in [0.29, 0.717) is 13.0 Å². The molecule has 0 aromatic carbocycles. The Bertz CT molecular complexity index is 1690. The fraction of sp³-hybridized carbons (Fsp3) is 0.904. The van der Waals surface area contributed by atoms with Gasteiger partial charge in [-0.15, -0.1) is 0 Å². The van der Waals surface area contributed by atoms with Gasteiger partial charge >= 0.3 is 35.8 Å². The third kappa shape index (κ3) is 63.3. The molecule has 0 fully saturated rings. The van der Waals surface area contributed by atoms with Crippen LogP contribution in [0.25, 0.3) is 0 Å². The van der Waals surface area contributed by atoms with E-state index in [1.807, 2.05) is 11.9 Å². The molecule has 0 spiro atoms. The summed E-state index contributed by atoms with van der Waals surface area (Å²) in [5.74, 6) is -5.92. The van der Waals surface area contributed by atoms with E-state index in [9.17, 15) is 54.0 Å². The average Bonchev–Trinajstić information content (AvgIpc) is 3.69. The summed E-state index contributed by atoms with van der Waals surface area (Å²) >= 11 is 0. The average molecular weight is 1290 g/mol. The van der Waals surface area contributed by atoms with Gasteiger partial charge < -0.3 is 39.7 Å². The quantitative estimate of drug-likeness (QED) is 0.0327. The number of carbonyl (C=O) groups is 7. The lowest BCUT2D eigenvalue weighted by Crippen LogP contribution is -2.48. The van der Waals surface area contributed by atoms with Gasteiger partial charge in [0.1, 0.15) is 12.7 Å². The predicted molar refractivity (Wildman–Crippen MR) is 369 cm³/mol. The number of esters is 2. The Kier molecular flexibility index (Phi) is 62.1. The highest BCUT2D eigenvalue weighted by Crippen LogP contribution is 2.19. The van der Waals surface area contributed by atoms with Crippen LogP contribution in [-0.4, -0.2) is 192 Å². The number of amides is 1. The standard InChI is InChI=1S/C73H139N5O13/c1-5-7-9-11-13-15-17-19-21-23-25-27-29-31-33-35-37-39-41-43-45-47-49-51-72(88)90-65-66(91-73(89)52-50-48-46-44-42-40-38-36-34-32-30-28-26-24-22-20-18-16-14-12-10-8-6-2)59-74(3)53-54-75(4)67(79)60-76(55-57-77(61-68(80)81)62-69(82)83)56-58-78(63-70(84)85)64-71(86)87/h66H,5-65H2,1-4H3,(H,80,81)(H,82,83)(H,84,85)(H,86,87). The third-order valence-corrected chi connectivity index (χ3v) is 17.7.